The van der Waals surface area contributed by atoms with E-state index in [1.54, 1.807) is 0 Å². The molecule has 0 unspecified atom stereocenters. The molecule has 0 aliphatic carbocycles. The molecule has 6 aromatic rings. The Morgan fingerprint density at radius 1 is 0.476 bits per heavy atom. The first-order chi connectivity index (χ1) is 19.6. The molecule has 215 valence electrons. The van der Waals surface area contributed by atoms with Crippen molar-refractivity contribution >= 4 is 31.1 Å². The van der Waals surface area contributed by atoms with Crippen LogP contribution in [0.4, 0.5) is 0 Å². The molecular weight excluding hydrogens is 608 g/mol. The molecule has 0 fully saturated rings. The summed E-state index contributed by atoms with van der Waals surface area (Å²) in [5.74, 6) is 0.329. The van der Waals surface area contributed by atoms with E-state index >= 15 is 0 Å². The van der Waals surface area contributed by atoms with Crippen molar-refractivity contribution in [2.24, 2.45) is 0 Å². The molecule has 0 aliphatic heterocycles. The Kier molecular flexibility index (Phi) is 16.7. The van der Waals surface area contributed by atoms with E-state index in [4.69, 9.17) is 0 Å². The van der Waals surface area contributed by atoms with Crippen LogP contribution < -0.4 is 10.2 Å². The first-order valence-electron chi connectivity index (χ1n) is 14.0. The predicted molar refractivity (Wildman–Crippen MR) is 178 cm³/mol. The molecule has 0 N–H and O–H groups in total. The summed E-state index contributed by atoms with van der Waals surface area (Å²) in [6.45, 7) is 16.0. The van der Waals surface area contributed by atoms with Crippen molar-refractivity contribution in [1.82, 2.24) is 0 Å². The maximum atomic E-state index is 11.0. The first kappa shape index (κ1) is 36.8. The third kappa shape index (κ3) is 12.0. The Labute approximate surface area is 274 Å². The summed E-state index contributed by atoms with van der Waals surface area (Å²) in [7, 11) is 0.750. The zero-order valence-corrected chi connectivity index (χ0v) is 29.9. The van der Waals surface area contributed by atoms with Gasteiger partial charge in [0.05, 0.1) is 0 Å². The van der Waals surface area contributed by atoms with Crippen LogP contribution in [0.15, 0.2) is 109 Å². The number of hydrogen-bond donors (Lipinski definition) is 0. The van der Waals surface area contributed by atoms with Gasteiger partial charge in [-0.3, -0.25) is 0 Å². The zero-order chi connectivity index (χ0) is 30.4. The Morgan fingerprint density at radius 3 is 1.02 bits per heavy atom. The monoisotopic (exact) mass is 649 g/mol. The number of rotatable bonds is 0. The summed E-state index contributed by atoms with van der Waals surface area (Å²) < 4.78 is 0. The topological polar surface area (TPSA) is 46.1 Å². The first-order valence-corrected chi connectivity index (χ1v) is 16.3. The minimum atomic E-state index is 0. The molecule has 0 bridgehead atoms. The third-order valence-electron chi connectivity index (χ3n) is 6.34. The van der Waals surface area contributed by atoms with Crippen LogP contribution in [0.25, 0.3) is 21.5 Å². The molecule has 0 atom stereocenters. The zero-order valence-electron chi connectivity index (χ0n) is 26.3. The van der Waals surface area contributed by atoms with Crippen LogP contribution in [0, 0.1) is 41.5 Å². The summed E-state index contributed by atoms with van der Waals surface area (Å²) in [5.41, 5.74) is 6.01. The standard InChI is InChI=1S/2C10H9.2C8H10O.C2H7Si.Zr/c2*1-8-6-9-4-2-3-5-10(9)7-8;2*1-6-4-3-5-7(2)8(6)9;1-3-2;/h2*2-7H,1H3;2*3-5,9H,1-2H3;3H,1-2H3;/q2*-1;;;;+4/p-2. The molecule has 0 heterocycles. The van der Waals surface area contributed by atoms with Gasteiger partial charge in [-0.25, -0.2) is 0 Å². The van der Waals surface area contributed by atoms with E-state index in [2.05, 4.69) is 99.7 Å². The molecule has 6 aromatic carbocycles. The van der Waals surface area contributed by atoms with Crippen molar-refractivity contribution in [2.75, 3.05) is 0 Å². The summed E-state index contributed by atoms with van der Waals surface area (Å²) in [6.07, 6.45) is 0. The molecule has 0 spiro atoms. The van der Waals surface area contributed by atoms with Crippen molar-refractivity contribution in [3.63, 3.8) is 0 Å². The quantitative estimate of drug-likeness (QED) is 0.122. The van der Waals surface area contributed by atoms with Crippen molar-refractivity contribution in [3.05, 3.63) is 143 Å². The molecule has 4 heteroatoms. The largest absolute Gasteiger partial charge is 4.00 e. The van der Waals surface area contributed by atoms with Gasteiger partial charge in [-0.15, -0.1) is 92.7 Å². The molecule has 42 heavy (non-hydrogen) atoms. The molecule has 6 rings (SSSR count). The predicted octanol–water partition coefficient (Wildman–Crippen LogP) is 9.00. The van der Waals surface area contributed by atoms with Crippen LogP contribution >= 0.6 is 0 Å². The fourth-order valence-corrected chi connectivity index (χ4v) is 4.21. The molecule has 2 nitrogen and oxygen atoms in total. The summed E-state index contributed by atoms with van der Waals surface area (Å²) in [6, 6.07) is 36.8. The van der Waals surface area contributed by atoms with Gasteiger partial charge in [0.1, 0.15) is 0 Å². The second kappa shape index (κ2) is 19.1. The molecule has 0 saturated carbocycles. The molecule has 0 saturated heterocycles. The van der Waals surface area contributed by atoms with Crippen LogP contribution in [0.3, 0.4) is 0 Å². The fraction of sp³-hybridized carbons (Fsp3) is 0.211. The Bertz CT molecular complexity index is 1400. The number of benzene rings is 4. The molecule has 0 aliphatic rings. The number of hydrogen-bond acceptors (Lipinski definition) is 2. The Balaban J connectivity index is 0.000000270. The van der Waals surface area contributed by atoms with Gasteiger partial charge in [-0.2, -0.15) is 12.1 Å². The van der Waals surface area contributed by atoms with E-state index < -0.39 is 0 Å². The van der Waals surface area contributed by atoms with E-state index in [0.29, 0.717) is 0 Å². The minimum Gasteiger partial charge on any atom is -0.872 e. The summed E-state index contributed by atoms with van der Waals surface area (Å²) in [5, 5.41) is 27.3. The van der Waals surface area contributed by atoms with Crippen LogP contribution in [-0.2, 0) is 26.2 Å². The number of fused-ring (bicyclic) bond motifs is 2. The molecule has 0 amide bonds. The van der Waals surface area contributed by atoms with Gasteiger partial charge >= 0.3 is 26.2 Å². The van der Waals surface area contributed by atoms with Gasteiger partial charge < -0.3 is 10.2 Å². The van der Waals surface area contributed by atoms with E-state index in [0.717, 1.165) is 31.8 Å². The minimum absolute atomic E-state index is 0. The van der Waals surface area contributed by atoms with Crippen molar-refractivity contribution in [2.45, 2.75) is 54.6 Å². The van der Waals surface area contributed by atoms with Crippen LogP contribution in [0.2, 0.25) is 13.1 Å². The van der Waals surface area contributed by atoms with Gasteiger partial charge in [0.25, 0.3) is 0 Å². The average molecular weight is 651 g/mol. The van der Waals surface area contributed by atoms with Crippen molar-refractivity contribution in [1.29, 1.82) is 0 Å². The maximum Gasteiger partial charge on any atom is 4.00 e. The van der Waals surface area contributed by atoms with Crippen LogP contribution in [-0.4, -0.2) is 9.52 Å². The number of aryl methyl sites for hydroxylation is 6. The SMILES string of the molecule is C[SiH]C.Cc1cc2ccccc2[cH-]1.Cc1cc2ccccc2[cH-]1.Cc1cccc(C)c1[O-].Cc1cccc(C)c1[O-].[Zr+4]. The fourth-order valence-electron chi connectivity index (χ4n) is 4.21. The Hall–Kier alpha value is -3.20. The van der Waals surface area contributed by atoms with E-state index in [-0.39, 0.29) is 37.7 Å². The van der Waals surface area contributed by atoms with E-state index in [1.807, 2.05) is 64.1 Å². The van der Waals surface area contributed by atoms with Gasteiger partial charge in [0.2, 0.25) is 0 Å². The maximum absolute atomic E-state index is 11.0. The Morgan fingerprint density at radius 2 is 0.762 bits per heavy atom. The third-order valence-corrected chi connectivity index (χ3v) is 6.34. The molecule has 0 aromatic heterocycles. The van der Waals surface area contributed by atoms with Gasteiger partial charge in [-0.1, -0.05) is 97.7 Å². The van der Waals surface area contributed by atoms with Crippen molar-refractivity contribution in [3.8, 4) is 11.5 Å². The van der Waals surface area contributed by atoms with Gasteiger partial charge in [-0.05, 0) is 27.7 Å². The van der Waals surface area contributed by atoms with Gasteiger partial charge in [0.15, 0.2) is 0 Å². The van der Waals surface area contributed by atoms with Crippen LogP contribution in [0.5, 0.6) is 11.5 Å². The second-order valence-electron chi connectivity index (χ2n) is 10.3. The average Bonchev–Trinajstić information content (AvgIpc) is 3.52. The summed E-state index contributed by atoms with van der Waals surface area (Å²) >= 11 is 0. The second-order valence-corrected chi connectivity index (χ2v) is 11.5. The number of para-hydroxylation sites is 2. The van der Waals surface area contributed by atoms with Crippen LogP contribution in [0.1, 0.15) is 33.4 Å². The van der Waals surface area contributed by atoms with Crippen molar-refractivity contribution < 1.29 is 36.4 Å². The smallest absolute Gasteiger partial charge is 0.872 e. The van der Waals surface area contributed by atoms with E-state index in [1.165, 1.54) is 32.7 Å². The van der Waals surface area contributed by atoms with Gasteiger partial charge in [0, 0.05) is 9.52 Å². The summed E-state index contributed by atoms with van der Waals surface area (Å²) in [4.78, 5) is 0. The van der Waals surface area contributed by atoms with E-state index in [9.17, 15) is 10.2 Å². The molecule has 1 radical (unpaired) electrons. The molecular formula is C38H43O2SiZr. The normalized spacial score (nSPS) is 9.52.